The lowest BCUT2D eigenvalue weighted by atomic mass is 9.91. The van der Waals surface area contributed by atoms with Crippen LogP contribution in [0.4, 0.5) is 4.79 Å². The van der Waals surface area contributed by atoms with Gasteiger partial charge in [0.25, 0.3) is 0 Å². The molecule has 0 aromatic carbocycles. The highest BCUT2D eigenvalue weighted by Gasteiger charge is 2.47. The third kappa shape index (κ3) is 4.26. The highest BCUT2D eigenvalue weighted by atomic mass is 16.6. The Labute approximate surface area is 149 Å². The number of carbonyl (C=O) groups excluding carboxylic acids is 2. The number of hydrogen-bond donors (Lipinski definition) is 1. The summed E-state index contributed by atoms with van der Waals surface area (Å²) in [7, 11) is 2.16. The van der Waals surface area contributed by atoms with Gasteiger partial charge in [0.05, 0.1) is 6.54 Å². The lowest BCUT2D eigenvalue weighted by Gasteiger charge is -2.37. The molecule has 3 aliphatic rings. The van der Waals surface area contributed by atoms with Gasteiger partial charge < -0.3 is 24.5 Å². The van der Waals surface area contributed by atoms with Crippen molar-refractivity contribution < 1.29 is 19.4 Å². The molecule has 2 aliphatic heterocycles. The second-order valence-corrected chi connectivity index (χ2v) is 7.78. The van der Waals surface area contributed by atoms with Crippen LogP contribution in [0.3, 0.4) is 0 Å². The summed E-state index contributed by atoms with van der Waals surface area (Å²) in [6.07, 6.45) is 7.58. The van der Waals surface area contributed by atoms with Crippen LogP contribution in [0.2, 0.25) is 0 Å². The van der Waals surface area contributed by atoms with E-state index in [1.54, 1.807) is 4.90 Å². The number of ether oxygens (including phenoxy) is 1. The molecular formula is C18H31N3O4. The molecule has 0 atom stereocenters. The highest BCUT2D eigenvalue weighted by Crippen LogP contribution is 2.33. The maximum atomic E-state index is 12.3. The van der Waals surface area contributed by atoms with Gasteiger partial charge in [0.2, 0.25) is 5.91 Å². The number of nitrogens with zero attached hydrogens (tertiary/aromatic N) is 3. The van der Waals surface area contributed by atoms with Crippen molar-refractivity contribution in [1.82, 2.24) is 14.7 Å². The summed E-state index contributed by atoms with van der Waals surface area (Å²) in [6.45, 7) is 2.83. The molecule has 3 fully saturated rings. The first-order valence-electron chi connectivity index (χ1n) is 9.60. The number of aliphatic hydroxyl groups excluding tert-OH is 1. The molecule has 0 aromatic heterocycles. The largest absolute Gasteiger partial charge is 0.441 e. The van der Waals surface area contributed by atoms with Crippen molar-refractivity contribution in [3.63, 3.8) is 0 Å². The van der Waals surface area contributed by atoms with Crippen LogP contribution in [0, 0.1) is 0 Å². The molecule has 1 spiro atoms. The monoisotopic (exact) mass is 353 g/mol. The average Bonchev–Trinajstić information content (AvgIpc) is 2.95. The first kappa shape index (κ1) is 18.5. The molecule has 7 heteroatoms. The van der Waals surface area contributed by atoms with Crippen LogP contribution in [-0.4, -0.2) is 89.8 Å². The summed E-state index contributed by atoms with van der Waals surface area (Å²) in [6, 6.07) is 0.647. The Balaban J connectivity index is 1.47. The quantitative estimate of drug-likeness (QED) is 0.800. The summed E-state index contributed by atoms with van der Waals surface area (Å²) in [5, 5.41) is 8.97. The van der Waals surface area contributed by atoms with Gasteiger partial charge in [-0.3, -0.25) is 4.79 Å². The Bertz CT molecular complexity index is 485. The third-order valence-electron chi connectivity index (χ3n) is 6.12. The smallest absolute Gasteiger partial charge is 0.410 e. The average molecular weight is 353 g/mol. The molecule has 0 bridgehead atoms. The number of piperidine rings is 1. The Morgan fingerprint density at radius 1 is 1.28 bits per heavy atom. The minimum absolute atomic E-state index is 0.223. The molecular weight excluding hydrogens is 322 g/mol. The Morgan fingerprint density at radius 3 is 2.60 bits per heavy atom. The number of likely N-dealkylation sites (N-methyl/N-ethyl adjacent to an activating group) is 1. The van der Waals surface area contributed by atoms with Crippen LogP contribution in [0.15, 0.2) is 0 Å². The molecule has 1 N–H and O–H groups in total. The number of likely N-dealkylation sites (tertiary alicyclic amines) is 1. The van der Waals surface area contributed by atoms with E-state index < -0.39 is 12.2 Å². The van der Waals surface area contributed by atoms with Crippen molar-refractivity contribution in [2.24, 2.45) is 0 Å². The zero-order valence-electron chi connectivity index (χ0n) is 15.3. The zero-order valence-corrected chi connectivity index (χ0v) is 15.3. The van der Waals surface area contributed by atoms with Gasteiger partial charge >= 0.3 is 6.09 Å². The summed E-state index contributed by atoms with van der Waals surface area (Å²) < 4.78 is 5.71. The molecule has 25 heavy (non-hydrogen) atoms. The van der Waals surface area contributed by atoms with Gasteiger partial charge in [0.1, 0.15) is 12.2 Å². The van der Waals surface area contributed by atoms with E-state index in [0.717, 1.165) is 6.54 Å². The fraction of sp³-hybridized carbons (Fsp3) is 0.889. The second-order valence-electron chi connectivity index (χ2n) is 7.78. The van der Waals surface area contributed by atoms with E-state index in [0.29, 0.717) is 45.1 Å². The molecule has 0 aromatic rings. The summed E-state index contributed by atoms with van der Waals surface area (Å²) in [5.41, 5.74) is -0.452. The summed E-state index contributed by atoms with van der Waals surface area (Å²) >= 11 is 0. The number of amides is 2. The van der Waals surface area contributed by atoms with E-state index in [1.165, 1.54) is 32.1 Å². The molecule has 1 aliphatic carbocycles. The van der Waals surface area contributed by atoms with Crippen molar-refractivity contribution in [3.05, 3.63) is 0 Å². The van der Waals surface area contributed by atoms with Gasteiger partial charge in [0.15, 0.2) is 0 Å². The van der Waals surface area contributed by atoms with Gasteiger partial charge in [-0.2, -0.15) is 0 Å². The van der Waals surface area contributed by atoms with Crippen LogP contribution < -0.4 is 0 Å². The predicted octanol–water partition coefficient (Wildman–Crippen LogP) is 1.06. The molecule has 7 nitrogen and oxygen atoms in total. The second kappa shape index (κ2) is 7.91. The highest BCUT2D eigenvalue weighted by molar-refractivity contribution is 5.77. The Morgan fingerprint density at radius 2 is 1.96 bits per heavy atom. The van der Waals surface area contributed by atoms with Crippen LogP contribution in [-0.2, 0) is 9.53 Å². The van der Waals surface area contributed by atoms with E-state index in [4.69, 9.17) is 9.84 Å². The van der Waals surface area contributed by atoms with E-state index >= 15 is 0 Å². The van der Waals surface area contributed by atoms with E-state index in [2.05, 4.69) is 11.9 Å². The van der Waals surface area contributed by atoms with Crippen LogP contribution in [0.25, 0.3) is 0 Å². The predicted molar refractivity (Wildman–Crippen MR) is 93.2 cm³/mol. The third-order valence-corrected chi connectivity index (χ3v) is 6.12. The van der Waals surface area contributed by atoms with Crippen LogP contribution in [0.1, 0.15) is 44.9 Å². The molecule has 3 rings (SSSR count). The first-order valence-corrected chi connectivity index (χ1v) is 9.60. The van der Waals surface area contributed by atoms with Crippen molar-refractivity contribution >= 4 is 12.0 Å². The van der Waals surface area contributed by atoms with Crippen molar-refractivity contribution in [2.45, 2.75) is 56.6 Å². The molecule has 142 valence electrons. The number of carbonyl (C=O) groups is 2. The molecule has 2 heterocycles. The SMILES string of the molecule is CN(CCN1CC2(CCN(C(=O)CO)CC2)OC1=O)C1CCCCC1. The van der Waals surface area contributed by atoms with Crippen molar-refractivity contribution in [2.75, 3.05) is 46.4 Å². The van der Waals surface area contributed by atoms with E-state index in [-0.39, 0.29) is 12.0 Å². The summed E-state index contributed by atoms with van der Waals surface area (Å²) in [4.78, 5) is 29.7. The minimum atomic E-state index is -0.452. The minimum Gasteiger partial charge on any atom is -0.441 e. The number of rotatable bonds is 5. The van der Waals surface area contributed by atoms with E-state index in [9.17, 15) is 9.59 Å². The van der Waals surface area contributed by atoms with Gasteiger partial charge in [-0.1, -0.05) is 19.3 Å². The maximum Gasteiger partial charge on any atom is 0.410 e. The maximum absolute atomic E-state index is 12.3. The van der Waals surface area contributed by atoms with Gasteiger partial charge in [0, 0.05) is 45.1 Å². The van der Waals surface area contributed by atoms with Gasteiger partial charge in [-0.15, -0.1) is 0 Å². The fourth-order valence-electron chi connectivity index (χ4n) is 4.37. The molecule has 2 saturated heterocycles. The standard InChI is InChI=1S/C18H31N3O4/c1-19(15-5-3-2-4-6-15)11-12-21-14-18(25-17(21)24)7-9-20(10-8-18)16(23)13-22/h15,22H,2-14H2,1H3. The Hall–Kier alpha value is -1.34. The number of aliphatic hydroxyl groups is 1. The van der Waals surface area contributed by atoms with Crippen LogP contribution in [0.5, 0.6) is 0 Å². The summed E-state index contributed by atoms with van der Waals surface area (Å²) in [5.74, 6) is -0.245. The van der Waals surface area contributed by atoms with Crippen LogP contribution >= 0.6 is 0 Å². The fourth-order valence-corrected chi connectivity index (χ4v) is 4.37. The van der Waals surface area contributed by atoms with Gasteiger partial charge in [-0.05, 0) is 19.9 Å². The number of hydrogen-bond acceptors (Lipinski definition) is 5. The van der Waals surface area contributed by atoms with Crippen molar-refractivity contribution in [3.8, 4) is 0 Å². The molecule has 0 unspecified atom stereocenters. The normalized spacial score (nSPS) is 24.2. The molecule has 2 amide bonds. The zero-order chi connectivity index (χ0) is 17.9. The lowest BCUT2D eigenvalue weighted by molar-refractivity contribution is -0.137. The molecule has 0 radical (unpaired) electrons. The Kier molecular flexibility index (Phi) is 5.84. The van der Waals surface area contributed by atoms with Gasteiger partial charge in [-0.25, -0.2) is 4.79 Å². The topological polar surface area (TPSA) is 73.3 Å². The molecule has 1 saturated carbocycles. The van der Waals surface area contributed by atoms with Crippen molar-refractivity contribution in [1.29, 1.82) is 0 Å². The van der Waals surface area contributed by atoms with E-state index in [1.807, 2.05) is 4.90 Å². The lowest BCUT2D eigenvalue weighted by Crippen LogP contribution is -2.49. The first-order chi connectivity index (χ1) is 12.0.